The van der Waals surface area contributed by atoms with Gasteiger partial charge in [0.15, 0.2) is 15.6 Å². The number of rotatable bonds is 5. The van der Waals surface area contributed by atoms with Crippen LogP contribution < -0.4 is 10.6 Å². The third kappa shape index (κ3) is 3.99. The summed E-state index contributed by atoms with van der Waals surface area (Å²) in [6, 6.07) is 2.41. The molecule has 3 rings (SSSR count). The average molecular weight is 428 g/mol. The van der Waals surface area contributed by atoms with Gasteiger partial charge in [0.2, 0.25) is 0 Å². The Morgan fingerprint density at radius 3 is 2.54 bits per heavy atom. The third-order valence-electron chi connectivity index (χ3n) is 5.63. The first-order valence-corrected chi connectivity index (χ1v) is 11.2. The van der Waals surface area contributed by atoms with E-state index in [4.69, 9.17) is 11.6 Å². The lowest BCUT2D eigenvalue weighted by Gasteiger charge is -2.39. The number of sulfone groups is 1. The number of phenolic OH excluding ortho intramolecular Hbond substituents is 1. The first-order chi connectivity index (χ1) is 13.1. The molecule has 0 bridgehead atoms. The number of urea groups is 1. The van der Waals surface area contributed by atoms with Crippen molar-refractivity contribution in [3.8, 4) is 5.75 Å². The highest BCUT2D eigenvalue weighted by Gasteiger charge is 2.42. The summed E-state index contributed by atoms with van der Waals surface area (Å²) in [6.45, 7) is 1.95. The van der Waals surface area contributed by atoms with Crippen molar-refractivity contribution in [2.45, 2.75) is 54.8 Å². The Labute approximate surface area is 170 Å². The van der Waals surface area contributed by atoms with Gasteiger partial charge in [-0.1, -0.05) is 23.3 Å². The SMILES string of the molecule is CC1=CCCC1NC(=O)Nc1ccc(Cl)c(S(=O)(=O)C2CC(N(C)C)C2)c1O. The molecular weight excluding hydrogens is 402 g/mol. The van der Waals surface area contributed by atoms with Crippen LogP contribution in [0.15, 0.2) is 28.7 Å². The van der Waals surface area contributed by atoms with Crippen LogP contribution in [0.25, 0.3) is 0 Å². The fourth-order valence-corrected chi connectivity index (χ4v) is 6.13. The molecule has 154 valence electrons. The molecule has 0 aliphatic heterocycles. The maximum atomic E-state index is 13.0. The largest absolute Gasteiger partial charge is 0.504 e. The molecule has 1 saturated carbocycles. The first-order valence-electron chi connectivity index (χ1n) is 9.27. The van der Waals surface area contributed by atoms with E-state index in [1.165, 1.54) is 12.1 Å². The van der Waals surface area contributed by atoms with Gasteiger partial charge in [0.1, 0.15) is 4.90 Å². The van der Waals surface area contributed by atoms with Crippen LogP contribution in [0.5, 0.6) is 5.75 Å². The highest BCUT2D eigenvalue weighted by Crippen LogP contribution is 2.43. The molecule has 1 aromatic rings. The van der Waals surface area contributed by atoms with E-state index in [0.717, 1.165) is 18.4 Å². The van der Waals surface area contributed by atoms with Crippen molar-refractivity contribution in [2.24, 2.45) is 0 Å². The summed E-state index contributed by atoms with van der Waals surface area (Å²) < 4.78 is 26.0. The smallest absolute Gasteiger partial charge is 0.319 e. The maximum absolute atomic E-state index is 13.0. The van der Waals surface area contributed by atoms with Gasteiger partial charge >= 0.3 is 6.03 Å². The minimum atomic E-state index is -3.81. The highest BCUT2D eigenvalue weighted by atomic mass is 35.5. The second kappa shape index (κ2) is 7.93. The number of carbonyl (C=O) groups excluding carboxylic acids is 1. The van der Waals surface area contributed by atoms with Gasteiger partial charge in [0, 0.05) is 6.04 Å². The van der Waals surface area contributed by atoms with Crippen molar-refractivity contribution in [1.29, 1.82) is 0 Å². The molecule has 1 aromatic carbocycles. The molecule has 2 aliphatic carbocycles. The Kier molecular flexibility index (Phi) is 5.93. The Bertz CT molecular complexity index is 908. The van der Waals surface area contributed by atoms with E-state index in [-0.39, 0.29) is 27.7 Å². The highest BCUT2D eigenvalue weighted by molar-refractivity contribution is 7.92. The van der Waals surface area contributed by atoms with E-state index >= 15 is 0 Å². The lowest BCUT2D eigenvalue weighted by atomic mass is 9.91. The van der Waals surface area contributed by atoms with Crippen molar-refractivity contribution in [3.05, 3.63) is 28.8 Å². The molecule has 1 unspecified atom stereocenters. The number of aromatic hydroxyl groups is 1. The Morgan fingerprint density at radius 1 is 1.29 bits per heavy atom. The third-order valence-corrected chi connectivity index (χ3v) is 8.30. The molecule has 0 saturated heterocycles. The summed E-state index contributed by atoms with van der Waals surface area (Å²) in [5.74, 6) is -0.519. The number of allylic oxidation sites excluding steroid dienone is 1. The molecule has 2 amide bonds. The van der Waals surface area contributed by atoms with E-state index < -0.39 is 26.9 Å². The lowest BCUT2D eigenvalue weighted by molar-refractivity contribution is 0.196. The molecule has 1 atom stereocenters. The molecule has 0 aromatic heterocycles. The zero-order valence-electron chi connectivity index (χ0n) is 16.2. The normalized spacial score (nSPS) is 24.6. The number of anilines is 1. The number of hydrogen-bond donors (Lipinski definition) is 3. The number of nitrogens with one attached hydrogen (secondary N) is 2. The van der Waals surface area contributed by atoms with Gasteiger partial charge in [-0.15, -0.1) is 0 Å². The summed E-state index contributed by atoms with van der Waals surface area (Å²) in [5, 5.41) is 15.3. The van der Waals surface area contributed by atoms with Gasteiger partial charge in [-0.3, -0.25) is 0 Å². The molecule has 1 fully saturated rings. The Hall–Kier alpha value is -1.77. The molecule has 0 heterocycles. The van der Waals surface area contributed by atoms with Crippen LogP contribution >= 0.6 is 11.6 Å². The van der Waals surface area contributed by atoms with Crippen molar-refractivity contribution >= 4 is 33.2 Å². The van der Waals surface area contributed by atoms with E-state index in [1.807, 2.05) is 25.9 Å². The monoisotopic (exact) mass is 427 g/mol. The van der Waals surface area contributed by atoms with Crippen molar-refractivity contribution < 1.29 is 18.3 Å². The van der Waals surface area contributed by atoms with Gasteiger partial charge in [0.25, 0.3) is 0 Å². The van der Waals surface area contributed by atoms with Gasteiger partial charge in [-0.25, -0.2) is 13.2 Å². The van der Waals surface area contributed by atoms with Crippen LogP contribution in [-0.4, -0.2) is 55.9 Å². The van der Waals surface area contributed by atoms with Gasteiger partial charge < -0.3 is 20.6 Å². The number of hydrogen-bond acceptors (Lipinski definition) is 5. The minimum absolute atomic E-state index is 0.0172. The second-order valence-corrected chi connectivity index (χ2v) is 10.3. The molecule has 7 nitrogen and oxygen atoms in total. The molecule has 2 aliphatic rings. The van der Waals surface area contributed by atoms with Crippen molar-refractivity contribution in [3.63, 3.8) is 0 Å². The number of phenols is 1. The molecule has 0 radical (unpaired) electrons. The van der Waals surface area contributed by atoms with Crippen LogP contribution in [0.1, 0.15) is 32.6 Å². The van der Waals surface area contributed by atoms with Gasteiger partial charge in [-0.05, 0) is 58.8 Å². The molecular formula is C19H26ClN3O4S. The predicted octanol–water partition coefficient (Wildman–Crippen LogP) is 3.14. The quantitative estimate of drug-likeness (QED) is 0.495. The standard InChI is InChI=1S/C19H26ClN3O4S/c1-11-5-4-6-15(11)21-19(25)22-16-8-7-14(20)18(17(16)24)28(26,27)13-9-12(10-13)23(2)3/h5,7-8,12-13,15,24H,4,6,9-10H2,1-3H3,(H2,21,22,25). The lowest BCUT2D eigenvalue weighted by Crippen LogP contribution is -2.47. The number of halogens is 1. The van der Waals surface area contributed by atoms with E-state index in [1.54, 1.807) is 0 Å². The molecule has 0 spiro atoms. The summed E-state index contributed by atoms with van der Waals surface area (Å²) >= 11 is 6.12. The predicted molar refractivity (Wildman–Crippen MR) is 110 cm³/mol. The summed E-state index contributed by atoms with van der Waals surface area (Å²) in [4.78, 5) is 14.0. The van der Waals surface area contributed by atoms with E-state index in [0.29, 0.717) is 12.8 Å². The van der Waals surface area contributed by atoms with Crippen LogP contribution in [0.4, 0.5) is 10.5 Å². The van der Waals surface area contributed by atoms with Crippen LogP contribution in [0, 0.1) is 0 Å². The maximum Gasteiger partial charge on any atom is 0.319 e. The van der Waals surface area contributed by atoms with Crippen LogP contribution in [0.3, 0.4) is 0 Å². The first kappa shape index (κ1) is 21.0. The fraction of sp³-hybridized carbons (Fsp3) is 0.526. The Morgan fingerprint density at radius 2 is 1.96 bits per heavy atom. The molecule has 28 heavy (non-hydrogen) atoms. The zero-order valence-corrected chi connectivity index (χ0v) is 17.8. The second-order valence-electron chi connectivity index (χ2n) is 7.71. The van der Waals surface area contributed by atoms with Gasteiger partial charge in [0.05, 0.1) is 22.0 Å². The van der Waals surface area contributed by atoms with Crippen molar-refractivity contribution in [2.75, 3.05) is 19.4 Å². The summed E-state index contributed by atoms with van der Waals surface area (Å²) in [7, 11) is 0.00134. The average Bonchev–Trinajstić information content (AvgIpc) is 2.92. The minimum Gasteiger partial charge on any atom is -0.504 e. The van der Waals surface area contributed by atoms with Gasteiger partial charge in [-0.2, -0.15) is 0 Å². The van der Waals surface area contributed by atoms with E-state index in [9.17, 15) is 18.3 Å². The topological polar surface area (TPSA) is 98.7 Å². The summed E-state index contributed by atoms with van der Waals surface area (Å²) in [5.41, 5.74) is 1.10. The number of amides is 2. The number of carbonyl (C=O) groups is 1. The van der Waals surface area contributed by atoms with Crippen LogP contribution in [0.2, 0.25) is 5.02 Å². The Balaban J connectivity index is 1.78. The van der Waals surface area contributed by atoms with Crippen LogP contribution in [-0.2, 0) is 9.84 Å². The number of benzene rings is 1. The number of nitrogens with zero attached hydrogens (tertiary/aromatic N) is 1. The summed E-state index contributed by atoms with van der Waals surface area (Å²) in [6.07, 6.45) is 4.75. The van der Waals surface area contributed by atoms with E-state index in [2.05, 4.69) is 16.7 Å². The van der Waals surface area contributed by atoms with Crippen molar-refractivity contribution in [1.82, 2.24) is 10.2 Å². The fourth-order valence-electron chi connectivity index (χ4n) is 3.65. The molecule has 9 heteroatoms. The zero-order chi connectivity index (χ0) is 20.6. The molecule has 3 N–H and O–H groups in total.